The zero-order chi connectivity index (χ0) is 27.7. The van der Waals surface area contributed by atoms with Gasteiger partial charge in [-0.25, -0.2) is 9.59 Å². The predicted octanol–water partition coefficient (Wildman–Crippen LogP) is 4.32. The number of hydrogen-bond donors (Lipinski definition) is 4. The average Bonchev–Trinajstić information content (AvgIpc) is 2.77. The topological polar surface area (TPSA) is 170 Å². The zero-order valence-electron chi connectivity index (χ0n) is 23.7. The third kappa shape index (κ3) is 36.1. The first kappa shape index (κ1) is 25.2. The van der Waals surface area contributed by atoms with Gasteiger partial charge in [-0.3, -0.25) is 4.84 Å². The summed E-state index contributed by atoms with van der Waals surface area (Å²) in [4.78, 5) is 26.1. The van der Waals surface area contributed by atoms with Gasteiger partial charge in [-0.2, -0.15) is 0 Å². The van der Waals surface area contributed by atoms with Gasteiger partial charge in [0.2, 0.25) is 0 Å². The van der Waals surface area contributed by atoms with Gasteiger partial charge in [-0.1, -0.05) is 51.9 Å². The molecular weight excluding hydrogens is 394 g/mol. The standard InChI is InChI=1S/C5H10N2O2.C5H11NO2.C5H11NO.C4H9NO/c1-4(2)3-7-9-5(6)8;1-4(2)6(3)5(7)8;1-4(2)5(3)6-7;1-4(2)3-5-6/h3-4H,1-2H3,(H2,6,8);4H,1-3H3,(H,7,8);4,7H,1-3H3;3-4,6H,1-2H3/b7-3+;;6-5+;5-3+/i/hD4. The van der Waals surface area contributed by atoms with Crippen LogP contribution in [0.15, 0.2) is 15.5 Å². The van der Waals surface area contributed by atoms with Gasteiger partial charge in [0, 0.05) is 25.5 Å². The maximum Gasteiger partial charge on any atom is 0.430 e. The molecule has 0 aliphatic rings. The summed E-state index contributed by atoms with van der Waals surface area (Å²) in [5.74, 6) is 0.976. The lowest BCUT2D eigenvalue weighted by atomic mass is 10.1. The maximum absolute atomic E-state index is 10.5. The van der Waals surface area contributed by atoms with E-state index >= 15 is 0 Å². The Bertz CT molecular complexity index is 592. The van der Waals surface area contributed by atoms with E-state index in [9.17, 15) is 9.59 Å². The van der Waals surface area contributed by atoms with E-state index < -0.39 is 12.2 Å². The molecule has 0 bridgehead atoms. The highest BCUT2D eigenvalue weighted by Gasteiger charge is 2.07. The molecule has 5 N–H and O–H groups in total. The van der Waals surface area contributed by atoms with Crippen LogP contribution in [0.5, 0.6) is 0 Å². The molecule has 11 heteroatoms. The molecule has 0 radical (unpaired) electrons. The summed E-state index contributed by atoms with van der Waals surface area (Å²) in [5.41, 5.74) is 2.36. The van der Waals surface area contributed by atoms with Gasteiger partial charge in [0.05, 0.1) is 5.71 Å². The number of carboxylic acid groups (broad SMARTS) is 1. The lowest BCUT2D eigenvalue weighted by molar-refractivity contribution is 0.145. The molecule has 2 amide bonds. The van der Waals surface area contributed by atoms with Gasteiger partial charge >= 0.3 is 15.0 Å². The van der Waals surface area contributed by atoms with Crippen molar-refractivity contribution in [1.29, 1.82) is 1.43 Å². The molecule has 30 heavy (non-hydrogen) atoms. The van der Waals surface area contributed by atoms with Gasteiger partial charge in [0.15, 0.2) is 1.41 Å². The number of amides is 2. The number of carbonyl (C=O) groups excluding carboxylic acids is 1. The predicted molar refractivity (Wildman–Crippen MR) is 120 cm³/mol. The largest absolute Gasteiger partial charge is 0.465 e. The highest BCUT2D eigenvalue weighted by atomic mass is 16.7. The Morgan fingerprint density at radius 3 is 1.87 bits per heavy atom. The van der Waals surface area contributed by atoms with E-state index in [-0.39, 0.29) is 12.0 Å². The number of primary amides is 1. The normalized spacial score (nSPS) is 12.3. The summed E-state index contributed by atoms with van der Waals surface area (Å²) in [6.07, 6.45) is 1.53. The van der Waals surface area contributed by atoms with Gasteiger partial charge in [-0.05, 0) is 38.5 Å². The van der Waals surface area contributed by atoms with Crippen LogP contribution in [0, 0.1) is 17.8 Å². The molecule has 0 rings (SSSR count). The summed E-state index contributed by atoms with van der Waals surface area (Å²) in [7, 11) is 1.58. The van der Waals surface area contributed by atoms with Crippen LogP contribution >= 0.6 is 0 Å². The molecule has 11 nitrogen and oxygen atoms in total. The number of nitrogens with two attached hydrogens (primary N) is 1. The van der Waals surface area contributed by atoms with Crippen LogP contribution in [0.2, 0.25) is 4.27 Å². The minimum absolute atomic E-state index is 0.0860. The van der Waals surface area contributed by atoms with Gasteiger partial charge in [-0.15, -0.1) is 5.16 Å². The third-order valence-electron chi connectivity index (χ3n) is 2.90. The van der Waals surface area contributed by atoms with E-state index in [1.54, 1.807) is 13.3 Å². The number of oxime groups is 3. The lowest BCUT2D eigenvalue weighted by Gasteiger charge is -2.16. The first-order chi connectivity index (χ1) is 15.7. The second-order valence-corrected chi connectivity index (χ2v) is 7.23. The van der Waals surface area contributed by atoms with Gasteiger partial charge in [0.25, 0.3) is 1.43 Å². The molecule has 0 fully saturated rings. The zero-order valence-corrected chi connectivity index (χ0v) is 19.7. The molecule has 0 aromatic heterocycles. The molecule has 0 atom stereocenters. The number of rotatable bonds is 7. The van der Waals surface area contributed by atoms with Crippen LogP contribution in [0.4, 0.5) is 9.59 Å². The van der Waals surface area contributed by atoms with Crippen LogP contribution in [0.1, 0.15) is 62.3 Å². The van der Waals surface area contributed by atoms with Crippen LogP contribution < -0.4 is 5.73 Å². The summed E-state index contributed by atoms with van der Waals surface area (Å²) >= 11 is 0. The quantitative estimate of drug-likeness (QED) is 0.199. The SMILES string of the molecule is [2H]NC(=O)O/N=C/C(C)C.[2H]O/N=C(\C)C(C)C.[2H]O/N=C/C(C)C.[2H]OC(=O)N(C)C(C)C. The Hall–Kier alpha value is -2.85. The fourth-order valence-electron chi connectivity index (χ4n) is 0.638. The van der Waals surface area contributed by atoms with Gasteiger partial charge < -0.3 is 26.2 Å². The fraction of sp³-hybridized carbons (Fsp3) is 0.737. The van der Waals surface area contributed by atoms with Crippen molar-refractivity contribution in [2.75, 3.05) is 7.05 Å². The summed E-state index contributed by atoms with van der Waals surface area (Å²) in [6, 6.07) is 0.0860. The maximum atomic E-state index is 10.5. The number of nitrogens with zero attached hydrogens (tertiary/aromatic N) is 4. The van der Waals surface area contributed by atoms with Crippen LogP contribution in [0.3, 0.4) is 0 Å². The van der Waals surface area contributed by atoms with Crippen molar-refractivity contribution in [2.24, 2.45) is 38.9 Å². The summed E-state index contributed by atoms with van der Waals surface area (Å²) < 4.78 is 24.9. The molecule has 0 heterocycles. The van der Waals surface area contributed by atoms with Crippen LogP contribution in [0.25, 0.3) is 1.43 Å². The van der Waals surface area contributed by atoms with Gasteiger partial charge in [0.1, 0.15) is 0 Å². The fourth-order valence-corrected chi connectivity index (χ4v) is 0.638. The minimum atomic E-state index is -0.878. The van der Waals surface area contributed by atoms with E-state index in [0.717, 1.165) is 5.71 Å². The Morgan fingerprint density at radius 2 is 1.63 bits per heavy atom. The lowest BCUT2D eigenvalue weighted by Crippen LogP contribution is -2.31. The second-order valence-electron chi connectivity index (χ2n) is 7.23. The summed E-state index contributed by atoms with van der Waals surface area (Å²) in [5, 5.41) is 21.1. The van der Waals surface area contributed by atoms with E-state index in [4.69, 9.17) is 5.71 Å². The Morgan fingerprint density at radius 1 is 1.07 bits per heavy atom. The second kappa shape index (κ2) is 22.4. The Kier molecular flexibility index (Phi) is 18.8. The third-order valence-corrected chi connectivity index (χ3v) is 2.90. The van der Waals surface area contributed by atoms with Crippen LogP contribution in [-0.2, 0) is 4.84 Å². The number of hydrogen-bond acceptors (Lipinski definition) is 9. The average molecular weight is 440 g/mol. The van der Waals surface area contributed by atoms with Crippen molar-refractivity contribution in [2.45, 2.75) is 68.4 Å². The van der Waals surface area contributed by atoms with Crippen molar-refractivity contribution >= 4 is 30.3 Å². The summed E-state index contributed by atoms with van der Waals surface area (Å²) in [6.45, 7) is 17.2. The highest BCUT2D eigenvalue weighted by molar-refractivity contribution is 5.82. The van der Waals surface area contributed by atoms with Crippen molar-refractivity contribution < 1.29 is 34.2 Å². The first-order valence-corrected chi connectivity index (χ1v) is 9.36. The smallest absolute Gasteiger partial charge is 0.430 e. The van der Waals surface area contributed by atoms with E-state index in [1.165, 1.54) is 16.8 Å². The molecular formula is C19H41N5O6. The molecule has 0 saturated carbocycles. The monoisotopic (exact) mass is 439 g/mol. The molecule has 0 aliphatic carbocycles. The molecule has 0 saturated heterocycles. The van der Waals surface area contributed by atoms with E-state index in [2.05, 4.69) is 35.8 Å². The van der Waals surface area contributed by atoms with Crippen molar-refractivity contribution in [1.82, 2.24) is 4.90 Å². The Balaban J connectivity index is -0.000000178. The molecule has 0 spiro atoms. The number of carbonyl (C=O) groups is 2. The van der Waals surface area contributed by atoms with E-state index in [0.29, 0.717) is 11.8 Å². The highest BCUT2D eigenvalue weighted by Crippen LogP contribution is 1.93. The molecule has 0 aromatic rings. The van der Waals surface area contributed by atoms with E-state index in [1.807, 2.05) is 62.3 Å². The van der Waals surface area contributed by atoms with Crippen LogP contribution in [-0.4, -0.2) is 63.8 Å². The van der Waals surface area contributed by atoms with Crippen molar-refractivity contribution in [3.63, 3.8) is 0 Å². The molecule has 0 unspecified atom stereocenters. The molecule has 0 aliphatic heterocycles. The minimum Gasteiger partial charge on any atom is -0.465 e. The first-order valence-electron chi connectivity index (χ1n) is 11.1. The van der Waals surface area contributed by atoms with Crippen molar-refractivity contribution in [3.8, 4) is 0 Å². The molecule has 0 aromatic carbocycles. The molecule has 178 valence electrons. The van der Waals surface area contributed by atoms with Crippen molar-refractivity contribution in [3.05, 3.63) is 0 Å². The Labute approximate surface area is 186 Å².